The first kappa shape index (κ1) is 61.3. The fourth-order valence-corrected chi connectivity index (χ4v) is 10.9. The average Bonchev–Trinajstić information content (AvgIpc) is 1.70. The third-order valence-corrected chi connectivity index (χ3v) is 16.8. The van der Waals surface area contributed by atoms with Crippen molar-refractivity contribution in [3.05, 3.63) is 215 Å². The lowest BCUT2D eigenvalue weighted by Crippen LogP contribution is -2.26. The van der Waals surface area contributed by atoms with Gasteiger partial charge < -0.3 is 31.3 Å². The lowest BCUT2D eigenvalue weighted by molar-refractivity contribution is 0.0938. The summed E-state index contributed by atoms with van der Waals surface area (Å²) in [7, 11) is 0. The van der Waals surface area contributed by atoms with E-state index in [1.165, 1.54) is 18.2 Å². The Morgan fingerprint density at radius 1 is 0.419 bits per heavy atom. The number of hydrogen-bond acceptors (Lipinski definition) is 12. The van der Waals surface area contributed by atoms with Gasteiger partial charge in [0, 0.05) is 72.0 Å². The summed E-state index contributed by atoms with van der Waals surface area (Å²) in [6.45, 7) is 10.5. The molecule has 3 fully saturated rings. The van der Waals surface area contributed by atoms with Crippen molar-refractivity contribution in [3.63, 3.8) is 0 Å². The molecule has 6 N–H and O–H groups in total. The minimum Gasteiger partial charge on any atom is -0.389 e. The van der Waals surface area contributed by atoms with E-state index in [0.29, 0.717) is 17.5 Å². The number of aromatic nitrogens is 12. The van der Waals surface area contributed by atoms with Gasteiger partial charge in [0.15, 0.2) is 17.5 Å². The molecular formula is C69H66F3N15O6. The topological polar surface area (TPSA) is 253 Å². The zero-order valence-electron chi connectivity index (χ0n) is 51.6. The summed E-state index contributed by atoms with van der Waals surface area (Å²) in [5.41, 5.74) is 11.3. The van der Waals surface area contributed by atoms with Crippen molar-refractivity contribution >= 4 is 34.7 Å². The predicted molar refractivity (Wildman–Crippen MR) is 341 cm³/mol. The highest BCUT2D eigenvalue weighted by atomic mass is 19.1. The number of nitrogens with zero attached hydrogens (tertiary/aromatic N) is 12. The molecule has 0 aliphatic heterocycles. The molecule has 3 atom stereocenters. The number of benzene rings is 3. The third-order valence-electron chi connectivity index (χ3n) is 16.8. The number of aliphatic hydroxyl groups excluding tert-OH is 3. The zero-order valence-corrected chi connectivity index (χ0v) is 51.6. The van der Waals surface area contributed by atoms with Gasteiger partial charge in [-0.1, -0.05) is 18.2 Å². The Hall–Kier alpha value is -10.6. The molecule has 12 aromatic rings. The minimum absolute atomic E-state index is 0.0385. The molecule has 9 heterocycles. The van der Waals surface area contributed by atoms with Crippen molar-refractivity contribution in [1.82, 2.24) is 73.4 Å². The van der Waals surface area contributed by atoms with Crippen LogP contribution in [-0.4, -0.2) is 109 Å². The van der Waals surface area contributed by atoms with Gasteiger partial charge in [0.25, 0.3) is 17.7 Å². The van der Waals surface area contributed by atoms with E-state index in [2.05, 4.69) is 46.2 Å². The van der Waals surface area contributed by atoms with Gasteiger partial charge in [-0.15, -0.1) is 0 Å². The number of fused-ring (bicyclic) bond motifs is 3. The van der Waals surface area contributed by atoms with Gasteiger partial charge in [-0.2, -0.15) is 15.3 Å². The molecule has 3 aromatic carbocycles. The number of nitrogens with one attached hydrogen (secondary N) is 3. The largest absolute Gasteiger partial charge is 0.389 e. The number of aryl methyl sites for hydroxylation is 3. The van der Waals surface area contributed by atoms with Gasteiger partial charge in [-0.3, -0.25) is 27.6 Å². The Kier molecular flexibility index (Phi) is 16.4. The number of hydrogen-bond donors (Lipinski definition) is 6. The van der Waals surface area contributed by atoms with Crippen molar-refractivity contribution in [2.45, 2.75) is 117 Å². The molecule has 24 heteroatoms. The van der Waals surface area contributed by atoms with Crippen LogP contribution in [0.4, 0.5) is 13.2 Å². The first-order valence-electron chi connectivity index (χ1n) is 30.7. The van der Waals surface area contributed by atoms with Crippen LogP contribution in [0.15, 0.2) is 147 Å². The lowest BCUT2D eigenvalue weighted by atomic mass is 9.99. The van der Waals surface area contributed by atoms with E-state index in [9.17, 15) is 42.9 Å². The molecule has 21 nitrogen and oxygen atoms in total. The second-order valence-electron chi connectivity index (χ2n) is 24.2. The first-order chi connectivity index (χ1) is 44.7. The van der Waals surface area contributed by atoms with Crippen LogP contribution >= 0.6 is 0 Å². The van der Waals surface area contributed by atoms with E-state index in [4.69, 9.17) is 0 Å². The highest BCUT2D eigenvalue weighted by Crippen LogP contribution is 2.33. The second kappa shape index (κ2) is 24.9. The molecule has 0 radical (unpaired) electrons. The van der Waals surface area contributed by atoms with Crippen molar-refractivity contribution in [3.8, 4) is 50.8 Å². The van der Waals surface area contributed by atoms with Gasteiger partial charge in [0.1, 0.15) is 34.4 Å². The number of imidazole rings is 3. The highest BCUT2D eigenvalue weighted by Gasteiger charge is 2.29. The summed E-state index contributed by atoms with van der Waals surface area (Å²) in [6, 6.07) is 20.4. The summed E-state index contributed by atoms with van der Waals surface area (Å²) in [4.78, 5) is 50.5. The standard InChI is InChI=1S/3C23H22FN5O2/c3*1-13-7-20(24)19(23(31)27-17-4-5-17)8-18(13)16-9-26-29(12-16)22-10-25-21-6-3-15(14(2)30)11-28(21)22/h3*3,6-12,14,17,30H,4-5H2,1-2H3,(H,27,31). The summed E-state index contributed by atoms with van der Waals surface area (Å²) in [5.74, 6) is -0.637. The quantitative estimate of drug-likeness (QED) is 0.0561. The van der Waals surface area contributed by atoms with Crippen LogP contribution in [0, 0.1) is 38.2 Å². The van der Waals surface area contributed by atoms with Crippen LogP contribution in [0.3, 0.4) is 0 Å². The van der Waals surface area contributed by atoms with Gasteiger partial charge in [-0.25, -0.2) is 42.2 Å². The van der Waals surface area contributed by atoms with Gasteiger partial charge in [0.05, 0.1) is 72.2 Å². The normalized spacial score (nSPS) is 14.7. The molecule has 93 heavy (non-hydrogen) atoms. The second-order valence-corrected chi connectivity index (χ2v) is 24.2. The minimum atomic E-state index is -0.602. The van der Waals surface area contributed by atoms with Crippen LogP contribution in [0.5, 0.6) is 0 Å². The van der Waals surface area contributed by atoms with Crippen molar-refractivity contribution in [1.29, 1.82) is 0 Å². The van der Waals surface area contributed by atoms with E-state index in [-0.39, 0.29) is 52.5 Å². The van der Waals surface area contributed by atoms with Crippen LogP contribution in [-0.2, 0) is 0 Å². The van der Waals surface area contributed by atoms with E-state index >= 15 is 0 Å². The third kappa shape index (κ3) is 12.9. The van der Waals surface area contributed by atoms with Gasteiger partial charge in [-0.05, 0) is 185 Å². The first-order valence-corrected chi connectivity index (χ1v) is 30.7. The number of pyridine rings is 3. The molecule has 474 valence electrons. The Bertz CT molecular complexity index is 4390. The number of carbonyl (C=O) groups is 3. The predicted octanol–water partition coefficient (Wildman–Crippen LogP) is 10.7. The fraction of sp³-hybridized carbons (Fsp3) is 0.261. The number of halogens is 3. The number of carbonyl (C=O) groups excluding carboxylic acids is 3. The van der Waals surface area contributed by atoms with Crippen LogP contribution < -0.4 is 16.0 Å². The molecule has 3 unspecified atom stereocenters. The smallest absolute Gasteiger partial charge is 0.254 e. The van der Waals surface area contributed by atoms with Crippen LogP contribution in [0.2, 0.25) is 0 Å². The zero-order chi connectivity index (χ0) is 65.1. The molecular weight excluding hydrogens is 1190 g/mol. The maximum absolute atomic E-state index is 14.5. The van der Waals surface area contributed by atoms with Crippen molar-refractivity contribution in [2.24, 2.45) is 0 Å². The Morgan fingerprint density at radius 2 is 0.688 bits per heavy atom. The molecule has 0 spiro atoms. The molecule has 3 saturated carbocycles. The van der Waals surface area contributed by atoms with Crippen LogP contribution in [0.25, 0.3) is 67.8 Å². The van der Waals surface area contributed by atoms with Crippen molar-refractivity contribution < 1.29 is 42.9 Å². The molecule has 3 aliphatic rings. The van der Waals surface area contributed by atoms with Gasteiger partial charge >= 0.3 is 0 Å². The Morgan fingerprint density at radius 3 is 0.935 bits per heavy atom. The molecule has 0 saturated heterocycles. The molecule has 9 aromatic heterocycles. The molecule has 3 aliphatic carbocycles. The van der Waals surface area contributed by atoms with E-state index < -0.39 is 35.8 Å². The lowest BCUT2D eigenvalue weighted by Gasteiger charge is -2.10. The summed E-state index contributed by atoms with van der Waals surface area (Å²) in [6.07, 6.45) is 24.9. The summed E-state index contributed by atoms with van der Waals surface area (Å²) < 4.78 is 54.0. The number of amides is 3. The highest BCUT2D eigenvalue weighted by molar-refractivity contribution is 5.98. The maximum atomic E-state index is 14.5. The molecule has 15 rings (SSSR count). The fourth-order valence-electron chi connectivity index (χ4n) is 10.9. The number of aliphatic hydroxyl groups is 3. The average molecular weight is 1260 g/mol. The number of rotatable bonds is 15. The summed E-state index contributed by atoms with van der Waals surface area (Å²) >= 11 is 0. The van der Waals surface area contributed by atoms with E-state index in [1.807, 2.05) is 108 Å². The molecule has 3 amide bonds. The SMILES string of the molecule is Cc1cc(F)c(C(=O)NC2CC2)cc1-c1cnn(-c2cnc3ccc(C(C)O)cn23)c1.Cc1cc(F)c(C(=O)NC2CC2)cc1-c1cnn(-c2cnc3ccc(C(C)O)cn23)c1.Cc1cc(F)c(C(=O)NC2CC2)cc1-c1cnn(-c2cnc3ccc(C(C)O)cn23)c1. The van der Waals surface area contributed by atoms with Gasteiger partial charge in [0.2, 0.25) is 0 Å². The molecule has 0 bridgehead atoms. The van der Waals surface area contributed by atoms with Crippen LogP contribution in [0.1, 0.15) is 142 Å². The Balaban J connectivity index is 0.000000127. The summed E-state index contributed by atoms with van der Waals surface area (Å²) in [5, 5.41) is 51.6. The van der Waals surface area contributed by atoms with E-state index in [0.717, 1.165) is 122 Å². The van der Waals surface area contributed by atoms with E-state index in [1.54, 1.807) is 90.2 Å². The monoisotopic (exact) mass is 1260 g/mol. The van der Waals surface area contributed by atoms with Crippen molar-refractivity contribution in [2.75, 3.05) is 0 Å². The Labute approximate surface area is 530 Å². The maximum Gasteiger partial charge on any atom is 0.254 e.